The van der Waals surface area contributed by atoms with Crippen molar-refractivity contribution in [2.45, 2.75) is 6.92 Å². The molecule has 0 unspecified atom stereocenters. The predicted octanol–water partition coefficient (Wildman–Crippen LogP) is 5.29. The highest BCUT2D eigenvalue weighted by atomic mass is 35.5. The number of aromatic nitrogens is 2. The summed E-state index contributed by atoms with van der Waals surface area (Å²) in [6.07, 6.45) is 1.96. The second-order valence-electron chi connectivity index (χ2n) is 5.96. The minimum absolute atomic E-state index is 0.189. The van der Waals surface area contributed by atoms with Crippen molar-refractivity contribution in [2.24, 2.45) is 0 Å². The predicted molar refractivity (Wildman–Crippen MR) is 109 cm³/mol. The van der Waals surface area contributed by atoms with E-state index in [2.05, 4.69) is 10.3 Å². The number of methoxy groups -OCH3 is 1. The third kappa shape index (κ3) is 3.29. The van der Waals surface area contributed by atoms with Gasteiger partial charge in [0.05, 0.1) is 17.8 Å². The van der Waals surface area contributed by atoms with Crippen LogP contribution in [0.25, 0.3) is 16.2 Å². The SMILES string of the molecule is COc1ccc(NC(=O)c2sc3nc(-c4ccccc4)cn3c2C)cc1Cl. The fourth-order valence-electron chi connectivity index (χ4n) is 2.84. The highest BCUT2D eigenvalue weighted by molar-refractivity contribution is 7.19. The molecule has 0 radical (unpaired) electrons. The lowest BCUT2D eigenvalue weighted by atomic mass is 10.2. The fraction of sp³-hybridized carbons (Fsp3) is 0.100. The van der Waals surface area contributed by atoms with Gasteiger partial charge in [0, 0.05) is 23.1 Å². The van der Waals surface area contributed by atoms with Crippen LogP contribution in [0.3, 0.4) is 0 Å². The van der Waals surface area contributed by atoms with Gasteiger partial charge in [-0.05, 0) is 25.1 Å². The Hall–Kier alpha value is -2.83. The minimum Gasteiger partial charge on any atom is -0.495 e. The highest BCUT2D eigenvalue weighted by Crippen LogP contribution is 2.30. The van der Waals surface area contributed by atoms with Crippen molar-refractivity contribution in [1.82, 2.24) is 9.38 Å². The molecule has 4 aromatic rings. The van der Waals surface area contributed by atoms with Gasteiger partial charge in [-0.1, -0.05) is 53.3 Å². The zero-order valence-corrected chi connectivity index (χ0v) is 16.3. The smallest absolute Gasteiger partial charge is 0.267 e. The van der Waals surface area contributed by atoms with Crippen LogP contribution in [0, 0.1) is 6.92 Å². The molecule has 5 nitrogen and oxygen atoms in total. The first-order chi connectivity index (χ1) is 13.1. The Balaban J connectivity index is 1.62. The minimum atomic E-state index is -0.189. The molecular formula is C20H16ClN3O2S. The van der Waals surface area contributed by atoms with E-state index in [1.165, 1.54) is 11.3 Å². The lowest BCUT2D eigenvalue weighted by molar-refractivity contribution is 0.102. The van der Waals surface area contributed by atoms with E-state index < -0.39 is 0 Å². The maximum Gasteiger partial charge on any atom is 0.267 e. The lowest BCUT2D eigenvalue weighted by Gasteiger charge is -2.07. The van der Waals surface area contributed by atoms with Crippen LogP contribution in [0.2, 0.25) is 5.02 Å². The summed E-state index contributed by atoms with van der Waals surface area (Å²) in [6, 6.07) is 15.1. The van der Waals surface area contributed by atoms with Crippen molar-refractivity contribution >= 4 is 39.5 Å². The number of benzene rings is 2. The number of carbonyl (C=O) groups is 1. The standard InChI is InChI=1S/C20H16ClN3O2S/c1-12-18(19(25)22-14-8-9-17(26-2)15(21)10-14)27-20-23-16(11-24(12)20)13-6-4-3-5-7-13/h3-11H,1-2H3,(H,22,25). The average Bonchev–Trinajstić information content (AvgIpc) is 3.22. The van der Waals surface area contributed by atoms with Crippen molar-refractivity contribution in [3.8, 4) is 17.0 Å². The van der Waals surface area contributed by atoms with Gasteiger partial charge < -0.3 is 10.1 Å². The van der Waals surface area contributed by atoms with E-state index in [9.17, 15) is 4.79 Å². The van der Waals surface area contributed by atoms with Crippen molar-refractivity contribution in [3.63, 3.8) is 0 Å². The Morgan fingerprint density at radius 1 is 1.22 bits per heavy atom. The molecule has 0 aliphatic rings. The van der Waals surface area contributed by atoms with Gasteiger partial charge in [-0.25, -0.2) is 4.98 Å². The normalized spacial score (nSPS) is 10.9. The molecule has 4 rings (SSSR count). The quantitative estimate of drug-likeness (QED) is 0.509. The number of hydrogen-bond acceptors (Lipinski definition) is 4. The number of hydrogen-bond donors (Lipinski definition) is 1. The number of amides is 1. The summed E-state index contributed by atoms with van der Waals surface area (Å²) in [7, 11) is 1.55. The molecule has 27 heavy (non-hydrogen) atoms. The van der Waals surface area contributed by atoms with Crippen LogP contribution < -0.4 is 10.1 Å². The van der Waals surface area contributed by atoms with E-state index in [1.54, 1.807) is 25.3 Å². The Morgan fingerprint density at radius 2 is 2.00 bits per heavy atom. The molecule has 1 amide bonds. The number of ether oxygens (including phenoxy) is 1. The summed E-state index contributed by atoms with van der Waals surface area (Å²) in [4.78, 5) is 18.8. The van der Waals surface area contributed by atoms with E-state index in [0.717, 1.165) is 21.9 Å². The third-order valence-electron chi connectivity index (χ3n) is 4.24. The fourth-order valence-corrected chi connectivity index (χ4v) is 4.10. The molecule has 0 bridgehead atoms. The van der Waals surface area contributed by atoms with E-state index in [0.29, 0.717) is 21.3 Å². The number of thiazole rings is 1. The zero-order valence-electron chi connectivity index (χ0n) is 14.7. The second kappa shape index (κ2) is 7.06. The summed E-state index contributed by atoms with van der Waals surface area (Å²) < 4.78 is 7.08. The summed E-state index contributed by atoms with van der Waals surface area (Å²) in [5.41, 5.74) is 3.40. The molecule has 0 atom stereocenters. The Morgan fingerprint density at radius 3 is 2.67 bits per heavy atom. The Bertz CT molecular complexity index is 1140. The number of anilines is 1. The molecule has 0 aliphatic carbocycles. The van der Waals surface area contributed by atoms with Crippen LogP contribution in [0.4, 0.5) is 5.69 Å². The number of halogens is 1. The van der Waals surface area contributed by atoms with Gasteiger partial charge in [0.2, 0.25) is 0 Å². The van der Waals surface area contributed by atoms with Crippen molar-refractivity contribution in [1.29, 1.82) is 0 Å². The zero-order chi connectivity index (χ0) is 19.0. The van der Waals surface area contributed by atoms with Crippen LogP contribution in [0.15, 0.2) is 54.7 Å². The summed E-state index contributed by atoms with van der Waals surface area (Å²) >= 11 is 7.49. The van der Waals surface area contributed by atoms with Crippen molar-refractivity contribution in [3.05, 3.63) is 70.3 Å². The number of carbonyl (C=O) groups excluding carboxylic acids is 1. The number of fused-ring (bicyclic) bond motifs is 1. The molecule has 0 fully saturated rings. The van der Waals surface area contributed by atoms with Gasteiger partial charge in [0.25, 0.3) is 5.91 Å². The number of rotatable bonds is 4. The first-order valence-electron chi connectivity index (χ1n) is 8.25. The van der Waals surface area contributed by atoms with Gasteiger partial charge in [-0.2, -0.15) is 0 Å². The topological polar surface area (TPSA) is 55.6 Å². The van der Waals surface area contributed by atoms with Crippen molar-refractivity contribution in [2.75, 3.05) is 12.4 Å². The first kappa shape index (κ1) is 17.6. The van der Waals surface area contributed by atoms with Gasteiger partial charge in [-0.15, -0.1) is 0 Å². The maximum atomic E-state index is 12.7. The van der Waals surface area contributed by atoms with Gasteiger partial charge >= 0.3 is 0 Å². The van der Waals surface area contributed by atoms with E-state index >= 15 is 0 Å². The largest absolute Gasteiger partial charge is 0.495 e. The number of imidazole rings is 1. The average molecular weight is 398 g/mol. The molecule has 7 heteroatoms. The molecule has 1 N–H and O–H groups in total. The van der Waals surface area contributed by atoms with Gasteiger partial charge in [0.15, 0.2) is 4.96 Å². The maximum absolute atomic E-state index is 12.7. The molecular weight excluding hydrogens is 382 g/mol. The molecule has 0 spiro atoms. The Labute approximate surface area is 165 Å². The van der Waals surface area contributed by atoms with Crippen molar-refractivity contribution < 1.29 is 9.53 Å². The van der Waals surface area contributed by atoms with Crippen LogP contribution >= 0.6 is 22.9 Å². The number of aryl methyl sites for hydroxylation is 1. The second-order valence-corrected chi connectivity index (χ2v) is 7.35. The summed E-state index contributed by atoms with van der Waals surface area (Å²) in [5, 5.41) is 3.32. The van der Waals surface area contributed by atoms with Crippen LogP contribution in [-0.4, -0.2) is 22.4 Å². The molecule has 136 valence electrons. The van der Waals surface area contributed by atoms with E-state index in [1.807, 2.05) is 47.9 Å². The molecule has 0 saturated heterocycles. The summed E-state index contributed by atoms with van der Waals surface area (Å²) in [6.45, 7) is 1.91. The summed E-state index contributed by atoms with van der Waals surface area (Å²) in [5.74, 6) is 0.374. The molecule has 2 heterocycles. The Kier molecular flexibility index (Phi) is 4.59. The monoisotopic (exact) mass is 397 g/mol. The van der Waals surface area contributed by atoms with E-state index in [4.69, 9.17) is 16.3 Å². The van der Waals surface area contributed by atoms with E-state index in [-0.39, 0.29) is 5.91 Å². The molecule has 2 aromatic carbocycles. The molecule has 0 aliphatic heterocycles. The van der Waals surface area contributed by atoms with Crippen LogP contribution in [-0.2, 0) is 0 Å². The van der Waals surface area contributed by atoms with Crippen LogP contribution in [0.1, 0.15) is 15.4 Å². The first-order valence-corrected chi connectivity index (χ1v) is 9.45. The molecule has 2 aromatic heterocycles. The number of nitrogens with one attached hydrogen (secondary N) is 1. The lowest BCUT2D eigenvalue weighted by Crippen LogP contribution is -2.11. The molecule has 0 saturated carbocycles. The van der Waals surface area contributed by atoms with Crippen LogP contribution in [0.5, 0.6) is 5.75 Å². The third-order valence-corrected chi connectivity index (χ3v) is 5.69. The highest BCUT2D eigenvalue weighted by Gasteiger charge is 2.18. The van der Waals surface area contributed by atoms with Gasteiger partial charge in [-0.3, -0.25) is 9.20 Å². The van der Waals surface area contributed by atoms with Gasteiger partial charge in [0.1, 0.15) is 10.6 Å². The number of nitrogens with zero attached hydrogens (tertiary/aromatic N) is 2.